The molecule has 1 unspecified atom stereocenters. The van der Waals surface area contributed by atoms with Gasteiger partial charge in [0.05, 0.1) is 6.04 Å². The number of aromatic nitrogens is 1. The number of amides is 1. The number of rotatable bonds is 7. The van der Waals surface area contributed by atoms with Crippen LogP contribution < -0.4 is 5.32 Å². The predicted octanol–water partition coefficient (Wildman–Crippen LogP) is 4.77. The first kappa shape index (κ1) is 18.5. The average molecular weight is 391 g/mol. The van der Waals surface area contributed by atoms with Gasteiger partial charge in [-0.25, -0.2) is 4.98 Å². The van der Waals surface area contributed by atoms with Crippen LogP contribution in [-0.2, 0) is 6.42 Å². The second kappa shape index (κ2) is 8.83. The van der Waals surface area contributed by atoms with Gasteiger partial charge in [-0.1, -0.05) is 44.0 Å². The minimum Gasteiger partial charge on any atom is -0.505 e. The summed E-state index contributed by atoms with van der Waals surface area (Å²) < 4.78 is 0.509. The lowest BCUT2D eigenvalue weighted by atomic mass is 10.0. The maximum atomic E-state index is 12.3. The van der Waals surface area contributed by atoms with Gasteiger partial charge in [-0.2, -0.15) is 0 Å². The molecule has 1 heterocycles. The van der Waals surface area contributed by atoms with Crippen molar-refractivity contribution in [1.29, 1.82) is 0 Å². The van der Waals surface area contributed by atoms with Gasteiger partial charge >= 0.3 is 0 Å². The van der Waals surface area contributed by atoms with Crippen molar-refractivity contribution < 1.29 is 9.90 Å². The highest BCUT2D eigenvalue weighted by molar-refractivity contribution is 9.10. The van der Waals surface area contributed by atoms with E-state index in [1.165, 1.54) is 30.9 Å². The standard InChI is InChI=1S/C19H23BrN2O2/c1-3-4-5-6-14-7-9-15(10-8-14)13(2)21-19(24)18-16(23)11-12-17(20)22-18/h7-13,23H,3-6H2,1-2H3,(H,21,24). The lowest BCUT2D eigenvalue weighted by Gasteiger charge is -2.15. The molecule has 2 N–H and O–H groups in total. The monoisotopic (exact) mass is 390 g/mol. The van der Waals surface area contributed by atoms with Gasteiger partial charge in [0.2, 0.25) is 0 Å². The largest absolute Gasteiger partial charge is 0.505 e. The molecule has 0 aliphatic heterocycles. The fraction of sp³-hybridized carbons (Fsp3) is 0.368. The van der Waals surface area contributed by atoms with Gasteiger partial charge in [-0.05, 0) is 59.0 Å². The van der Waals surface area contributed by atoms with Crippen LogP contribution in [0.25, 0.3) is 0 Å². The third kappa shape index (κ3) is 5.06. The van der Waals surface area contributed by atoms with Gasteiger partial charge < -0.3 is 10.4 Å². The number of carbonyl (C=O) groups excluding carboxylic acids is 1. The Morgan fingerprint density at radius 1 is 1.21 bits per heavy atom. The highest BCUT2D eigenvalue weighted by Gasteiger charge is 2.16. The van der Waals surface area contributed by atoms with E-state index in [-0.39, 0.29) is 17.5 Å². The number of unbranched alkanes of at least 4 members (excludes halogenated alkanes) is 2. The van der Waals surface area contributed by atoms with Gasteiger partial charge in [-0.15, -0.1) is 0 Å². The van der Waals surface area contributed by atoms with Crippen molar-refractivity contribution in [3.8, 4) is 5.75 Å². The highest BCUT2D eigenvalue weighted by Crippen LogP contribution is 2.20. The predicted molar refractivity (Wildman–Crippen MR) is 99.2 cm³/mol. The molecule has 1 amide bonds. The molecule has 0 spiro atoms. The molecule has 0 aliphatic carbocycles. The van der Waals surface area contributed by atoms with Crippen LogP contribution in [0.3, 0.4) is 0 Å². The molecule has 0 bridgehead atoms. The van der Waals surface area contributed by atoms with Crippen molar-refractivity contribution in [2.75, 3.05) is 0 Å². The Labute approximate surface area is 151 Å². The zero-order valence-electron chi connectivity index (χ0n) is 14.1. The molecule has 5 heteroatoms. The first-order chi connectivity index (χ1) is 11.5. The lowest BCUT2D eigenvalue weighted by molar-refractivity contribution is 0.0931. The number of halogens is 1. The van der Waals surface area contributed by atoms with Gasteiger partial charge in [-0.3, -0.25) is 4.79 Å². The van der Waals surface area contributed by atoms with Crippen molar-refractivity contribution >= 4 is 21.8 Å². The SMILES string of the molecule is CCCCCc1ccc(C(C)NC(=O)c2nc(Br)ccc2O)cc1. The normalized spacial score (nSPS) is 12.0. The second-order valence-electron chi connectivity index (χ2n) is 5.90. The summed E-state index contributed by atoms with van der Waals surface area (Å²) in [5.41, 5.74) is 2.36. The molecule has 4 nitrogen and oxygen atoms in total. The summed E-state index contributed by atoms with van der Waals surface area (Å²) in [4.78, 5) is 16.3. The first-order valence-corrected chi connectivity index (χ1v) is 9.05. The van der Waals surface area contributed by atoms with E-state index in [9.17, 15) is 9.90 Å². The Morgan fingerprint density at radius 3 is 2.58 bits per heavy atom. The molecule has 1 atom stereocenters. The number of nitrogens with zero attached hydrogens (tertiary/aromatic N) is 1. The van der Waals surface area contributed by atoms with E-state index in [0.29, 0.717) is 4.60 Å². The Bertz CT molecular complexity index is 686. The fourth-order valence-electron chi connectivity index (χ4n) is 2.50. The van der Waals surface area contributed by atoms with Crippen LogP contribution in [0.4, 0.5) is 0 Å². The molecule has 0 saturated carbocycles. The van der Waals surface area contributed by atoms with Crippen LogP contribution in [0.15, 0.2) is 41.0 Å². The van der Waals surface area contributed by atoms with Gasteiger partial charge in [0, 0.05) is 0 Å². The summed E-state index contributed by atoms with van der Waals surface area (Å²) >= 11 is 3.21. The van der Waals surface area contributed by atoms with Gasteiger partial charge in [0.25, 0.3) is 5.91 Å². The number of aromatic hydroxyl groups is 1. The van der Waals surface area contributed by atoms with Crippen LogP contribution in [-0.4, -0.2) is 16.0 Å². The van der Waals surface area contributed by atoms with E-state index in [1.807, 2.05) is 19.1 Å². The number of aryl methyl sites for hydroxylation is 1. The van der Waals surface area contributed by atoms with Crippen molar-refractivity contribution in [2.24, 2.45) is 0 Å². The highest BCUT2D eigenvalue weighted by atomic mass is 79.9. The van der Waals surface area contributed by atoms with E-state index < -0.39 is 5.91 Å². The third-order valence-electron chi connectivity index (χ3n) is 3.95. The second-order valence-corrected chi connectivity index (χ2v) is 6.71. The van der Waals surface area contributed by atoms with Crippen molar-refractivity contribution in [1.82, 2.24) is 10.3 Å². The van der Waals surface area contributed by atoms with E-state index in [2.05, 4.69) is 45.3 Å². The molecular formula is C19H23BrN2O2. The molecule has 0 radical (unpaired) electrons. The molecule has 2 rings (SSSR count). The smallest absolute Gasteiger partial charge is 0.274 e. The van der Waals surface area contributed by atoms with Gasteiger partial charge in [0.1, 0.15) is 10.4 Å². The molecule has 0 saturated heterocycles. The molecular weight excluding hydrogens is 368 g/mol. The zero-order valence-corrected chi connectivity index (χ0v) is 15.6. The minimum absolute atomic E-state index is 0.0208. The number of hydrogen-bond donors (Lipinski definition) is 2. The number of carbonyl (C=O) groups is 1. The average Bonchev–Trinajstić information content (AvgIpc) is 2.57. The zero-order chi connectivity index (χ0) is 17.5. The summed E-state index contributed by atoms with van der Waals surface area (Å²) in [6.45, 7) is 4.12. The number of benzene rings is 1. The van der Waals surface area contributed by atoms with Crippen LogP contribution >= 0.6 is 15.9 Å². The van der Waals surface area contributed by atoms with Crippen LogP contribution in [0.1, 0.15) is 60.8 Å². The summed E-state index contributed by atoms with van der Waals surface area (Å²) in [6.07, 6.45) is 4.76. The summed E-state index contributed by atoms with van der Waals surface area (Å²) in [5, 5.41) is 12.7. The van der Waals surface area contributed by atoms with Gasteiger partial charge in [0.15, 0.2) is 5.69 Å². The first-order valence-electron chi connectivity index (χ1n) is 8.26. The van der Waals surface area contributed by atoms with Crippen LogP contribution in [0.2, 0.25) is 0 Å². The Hall–Kier alpha value is -1.88. The maximum Gasteiger partial charge on any atom is 0.274 e. The van der Waals surface area contributed by atoms with Crippen molar-refractivity contribution in [3.63, 3.8) is 0 Å². The van der Waals surface area contributed by atoms with E-state index >= 15 is 0 Å². The van der Waals surface area contributed by atoms with Crippen molar-refractivity contribution in [2.45, 2.75) is 45.6 Å². The molecule has 0 fully saturated rings. The molecule has 1 aromatic carbocycles. The molecule has 0 aliphatic rings. The quantitative estimate of drug-likeness (QED) is 0.528. The lowest BCUT2D eigenvalue weighted by Crippen LogP contribution is -2.27. The van der Waals surface area contributed by atoms with Crippen LogP contribution in [0.5, 0.6) is 5.75 Å². The molecule has 2 aromatic rings. The topological polar surface area (TPSA) is 62.2 Å². The summed E-state index contributed by atoms with van der Waals surface area (Å²) in [5.74, 6) is -0.525. The molecule has 24 heavy (non-hydrogen) atoms. The van der Waals surface area contributed by atoms with Crippen LogP contribution in [0, 0.1) is 0 Å². The van der Waals surface area contributed by atoms with Crippen molar-refractivity contribution in [3.05, 3.63) is 57.8 Å². The summed E-state index contributed by atoms with van der Waals surface area (Å²) in [7, 11) is 0. The third-order valence-corrected chi connectivity index (χ3v) is 4.39. The number of hydrogen-bond acceptors (Lipinski definition) is 3. The fourth-order valence-corrected chi connectivity index (χ4v) is 2.80. The molecule has 1 aromatic heterocycles. The Balaban J connectivity index is 1.99. The van der Waals surface area contributed by atoms with E-state index in [4.69, 9.17) is 0 Å². The Morgan fingerprint density at radius 2 is 1.92 bits per heavy atom. The number of nitrogens with one attached hydrogen (secondary N) is 1. The minimum atomic E-state index is -0.395. The van der Waals surface area contributed by atoms with E-state index in [0.717, 1.165) is 12.0 Å². The Kier molecular flexibility index (Phi) is 6.79. The number of pyridine rings is 1. The summed E-state index contributed by atoms with van der Waals surface area (Å²) in [6, 6.07) is 11.2. The molecule has 128 valence electrons. The van der Waals surface area contributed by atoms with E-state index in [1.54, 1.807) is 6.07 Å². The maximum absolute atomic E-state index is 12.3.